The van der Waals surface area contributed by atoms with Crippen LogP contribution in [0.4, 0.5) is 13.2 Å². The standard InChI is InChI=1S/C27H22Cl2F3N5O4/c28-20-11-34-12-21(29)23(20)22(38)14-36(13-16-3-1-15(9-33)2-4-16)25(39)19-10-35-37(24(19)27(30,31)32)18-7-5-17(6-8-18)26(40)41/h1-4,10-12,17-18H,5-8,13-14H2,(H,40,41). The van der Waals surface area contributed by atoms with Crippen LogP contribution in [0.3, 0.4) is 0 Å². The molecule has 41 heavy (non-hydrogen) atoms. The second-order valence-electron chi connectivity index (χ2n) is 9.56. The van der Waals surface area contributed by atoms with Crippen molar-refractivity contribution in [2.45, 2.75) is 44.4 Å². The number of carboxylic acid groups (broad SMARTS) is 1. The average Bonchev–Trinajstić information content (AvgIpc) is 3.39. The number of pyridine rings is 1. The molecule has 3 aromatic rings. The SMILES string of the molecule is N#Cc1ccc(CN(CC(=O)c2c(Cl)cncc2Cl)C(=O)c2cnn(C3CCC(C(=O)O)CC3)c2C(F)(F)F)cc1. The Labute approximate surface area is 242 Å². The summed E-state index contributed by atoms with van der Waals surface area (Å²) in [6.45, 7) is -0.947. The molecule has 0 radical (unpaired) electrons. The molecule has 1 saturated carbocycles. The molecule has 0 unspecified atom stereocenters. The molecule has 2 heterocycles. The van der Waals surface area contributed by atoms with E-state index >= 15 is 0 Å². The highest BCUT2D eigenvalue weighted by atomic mass is 35.5. The largest absolute Gasteiger partial charge is 0.481 e. The maximum atomic E-state index is 14.4. The van der Waals surface area contributed by atoms with Crippen LogP contribution in [0.1, 0.15) is 69.3 Å². The fraction of sp³-hybridized carbons (Fsp3) is 0.333. The molecule has 1 aliphatic rings. The predicted octanol–water partition coefficient (Wildman–Crippen LogP) is 5.82. The molecule has 214 valence electrons. The normalized spacial score (nSPS) is 17.1. The lowest BCUT2D eigenvalue weighted by Crippen LogP contribution is -2.37. The van der Waals surface area contributed by atoms with E-state index in [0.717, 1.165) is 15.8 Å². The van der Waals surface area contributed by atoms with Gasteiger partial charge in [0.2, 0.25) is 0 Å². The van der Waals surface area contributed by atoms with Gasteiger partial charge in [-0.15, -0.1) is 0 Å². The molecule has 0 saturated heterocycles. The van der Waals surface area contributed by atoms with E-state index in [1.807, 2.05) is 6.07 Å². The number of nitrogens with zero attached hydrogens (tertiary/aromatic N) is 5. The van der Waals surface area contributed by atoms with Crippen molar-refractivity contribution in [2.75, 3.05) is 6.54 Å². The topological polar surface area (TPSA) is 129 Å². The van der Waals surface area contributed by atoms with Gasteiger partial charge >= 0.3 is 12.1 Å². The van der Waals surface area contributed by atoms with E-state index in [2.05, 4.69) is 10.1 Å². The van der Waals surface area contributed by atoms with E-state index in [-0.39, 0.29) is 47.8 Å². The van der Waals surface area contributed by atoms with E-state index in [1.54, 1.807) is 0 Å². The van der Waals surface area contributed by atoms with Crippen LogP contribution in [0.25, 0.3) is 0 Å². The fourth-order valence-corrected chi connectivity index (χ4v) is 5.43. The molecule has 1 N–H and O–H groups in total. The van der Waals surface area contributed by atoms with Gasteiger partial charge in [-0.2, -0.15) is 23.5 Å². The van der Waals surface area contributed by atoms with Crippen LogP contribution < -0.4 is 0 Å². The summed E-state index contributed by atoms with van der Waals surface area (Å²) in [5.41, 5.74) is -1.39. The third-order valence-electron chi connectivity index (χ3n) is 6.90. The first-order valence-corrected chi connectivity index (χ1v) is 13.1. The first-order chi connectivity index (χ1) is 19.4. The van der Waals surface area contributed by atoms with Crippen molar-refractivity contribution in [2.24, 2.45) is 5.92 Å². The molecule has 14 heteroatoms. The van der Waals surface area contributed by atoms with E-state index in [0.29, 0.717) is 11.1 Å². The number of halogens is 5. The van der Waals surface area contributed by atoms with Crippen LogP contribution in [0.2, 0.25) is 10.0 Å². The molecular formula is C27H22Cl2F3N5O4. The number of hydrogen-bond acceptors (Lipinski definition) is 6. The van der Waals surface area contributed by atoms with Gasteiger partial charge in [0.1, 0.15) is 0 Å². The zero-order valence-electron chi connectivity index (χ0n) is 21.2. The second kappa shape index (κ2) is 12.3. The van der Waals surface area contributed by atoms with Crippen LogP contribution in [0, 0.1) is 17.2 Å². The lowest BCUT2D eigenvalue weighted by molar-refractivity contribution is -0.147. The maximum absolute atomic E-state index is 14.4. The molecular weight excluding hydrogens is 586 g/mol. The van der Waals surface area contributed by atoms with Gasteiger partial charge < -0.3 is 10.0 Å². The number of rotatable bonds is 8. The number of alkyl halides is 3. The molecule has 0 bridgehead atoms. The average molecular weight is 608 g/mol. The monoisotopic (exact) mass is 607 g/mol. The molecule has 1 aliphatic carbocycles. The van der Waals surface area contributed by atoms with Gasteiger partial charge in [-0.3, -0.25) is 24.0 Å². The lowest BCUT2D eigenvalue weighted by atomic mass is 9.86. The number of carbonyl (C=O) groups excluding carboxylic acids is 2. The highest BCUT2D eigenvalue weighted by molar-refractivity contribution is 6.39. The van der Waals surface area contributed by atoms with Crippen LogP contribution in [0.15, 0.2) is 42.9 Å². The van der Waals surface area contributed by atoms with Crippen LogP contribution in [0.5, 0.6) is 0 Å². The van der Waals surface area contributed by atoms with Gasteiger partial charge in [0, 0.05) is 18.9 Å². The molecule has 2 aromatic heterocycles. The predicted molar refractivity (Wildman–Crippen MR) is 140 cm³/mol. The summed E-state index contributed by atoms with van der Waals surface area (Å²) in [6, 6.07) is 7.18. The number of amides is 1. The van der Waals surface area contributed by atoms with Crippen molar-refractivity contribution in [3.63, 3.8) is 0 Å². The van der Waals surface area contributed by atoms with Crippen molar-refractivity contribution in [3.05, 3.63) is 80.8 Å². The number of nitriles is 1. The number of carbonyl (C=O) groups is 3. The molecule has 0 aliphatic heterocycles. The number of aromatic nitrogens is 3. The van der Waals surface area contributed by atoms with Gasteiger partial charge in [0.05, 0.1) is 57.5 Å². The highest BCUT2D eigenvalue weighted by Gasteiger charge is 2.43. The van der Waals surface area contributed by atoms with Crippen molar-refractivity contribution in [1.29, 1.82) is 5.26 Å². The lowest BCUT2D eigenvalue weighted by Gasteiger charge is -2.28. The third kappa shape index (κ3) is 6.69. The Balaban J connectivity index is 1.71. The minimum absolute atomic E-state index is 0.0889. The van der Waals surface area contributed by atoms with E-state index < -0.39 is 53.6 Å². The summed E-state index contributed by atoms with van der Waals surface area (Å²) in [7, 11) is 0. The number of hydrogen-bond donors (Lipinski definition) is 1. The van der Waals surface area contributed by atoms with Crippen molar-refractivity contribution >= 4 is 40.9 Å². The third-order valence-corrected chi connectivity index (χ3v) is 7.47. The number of ketones is 1. The zero-order valence-corrected chi connectivity index (χ0v) is 22.7. The second-order valence-corrected chi connectivity index (χ2v) is 10.4. The van der Waals surface area contributed by atoms with Gasteiger partial charge in [0.15, 0.2) is 11.5 Å². The van der Waals surface area contributed by atoms with Crippen molar-refractivity contribution in [3.8, 4) is 6.07 Å². The molecule has 0 spiro atoms. The van der Waals surface area contributed by atoms with Crippen molar-refractivity contribution in [1.82, 2.24) is 19.7 Å². The Morgan fingerprint density at radius 1 is 1.05 bits per heavy atom. The Morgan fingerprint density at radius 2 is 1.66 bits per heavy atom. The van der Waals surface area contributed by atoms with E-state index in [4.69, 9.17) is 28.5 Å². The van der Waals surface area contributed by atoms with Crippen LogP contribution >= 0.6 is 23.2 Å². The summed E-state index contributed by atoms with van der Waals surface area (Å²) < 4.78 is 44.0. The molecule has 1 amide bonds. The summed E-state index contributed by atoms with van der Waals surface area (Å²) in [5.74, 6) is -3.49. The summed E-state index contributed by atoms with van der Waals surface area (Å²) in [4.78, 5) is 42.9. The summed E-state index contributed by atoms with van der Waals surface area (Å²) >= 11 is 12.2. The number of benzene rings is 1. The first kappa shape index (κ1) is 30.0. The molecule has 0 atom stereocenters. The zero-order chi connectivity index (χ0) is 29.9. The van der Waals surface area contributed by atoms with E-state index in [1.165, 1.54) is 36.7 Å². The number of aliphatic carboxylic acids is 1. The summed E-state index contributed by atoms with van der Waals surface area (Å²) in [6.07, 6.45) is -1.18. The van der Waals surface area contributed by atoms with Crippen molar-refractivity contribution < 1.29 is 32.7 Å². The summed E-state index contributed by atoms with van der Waals surface area (Å²) in [5, 5.41) is 22.0. The Bertz CT molecular complexity index is 1490. The fourth-order valence-electron chi connectivity index (χ4n) is 4.85. The van der Waals surface area contributed by atoms with Gasteiger partial charge in [0.25, 0.3) is 5.91 Å². The smallest absolute Gasteiger partial charge is 0.433 e. The minimum atomic E-state index is -4.98. The Kier molecular flexibility index (Phi) is 8.99. The Hall–Kier alpha value is -3.95. The van der Waals surface area contributed by atoms with Gasteiger partial charge in [-0.05, 0) is 43.4 Å². The highest BCUT2D eigenvalue weighted by Crippen LogP contribution is 2.39. The molecule has 1 fully saturated rings. The quantitative estimate of drug-likeness (QED) is 0.319. The first-order valence-electron chi connectivity index (χ1n) is 12.4. The molecule has 9 nitrogen and oxygen atoms in total. The van der Waals surface area contributed by atoms with Crippen LogP contribution in [-0.2, 0) is 17.5 Å². The van der Waals surface area contributed by atoms with E-state index in [9.17, 15) is 32.7 Å². The Morgan fingerprint density at radius 3 is 2.20 bits per heavy atom. The minimum Gasteiger partial charge on any atom is -0.481 e. The van der Waals surface area contributed by atoms with Crippen LogP contribution in [-0.4, -0.2) is 49.0 Å². The van der Waals surface area contributed by atoms with Gasteiger partial charge in [-0.25, -0.2) is 0 Å². The molecule has 1 aromatic carbocycles. The maximum Gasteiger partial charge on any atom is 0.433 e. The molecule has 4 rings (SSSR count). The van der Waals surface area contributed by atoms with Gasteiger partial charge in [-0.1, -0.05) is 35.3 Å². The number of Topliss-reactive ketones (excluding diaryl/α,β-unsaturated/α-hetero) is 1. The number of carboxylic acids is 1.